The Balaban J connectivity index is 2.54. The Bertz CT molecular complexity index is 353. The lowest BCUT2D eigenvalue weighted by molar-refractivity contribution is -0.144. The van der Waals surface area contributed by atoms with Crippen molar-refractivity contribution in [3.8, 4) is 0 Å². The van der Waals surface area contributed by atoms with Crippen molar-refractivity contribution < 1.29 is 19.1 Å². The van der Waals surface area contributed by atoms with E-state index in [-0.39, 0.29) is 42.3 Å². The number of carbonyl (C=O) groups excluding carboxylic acids is 3. The normalized spacial score (nSPS) is 24.6. The van der Waals surface area contributed by atoms with E-state index in [9.17, 15) is 14.4 Å². The van der Waals surface area contributed by atoms with E-state index in [4.69, 9.17) is 0 Å². The first-order chi connectivity index (χ1) is 8.95. The molecule has 1 saturated heterocycles. The molecule has 0 radical (unpaired) electrons. The molecule has 1 fully saturated rings. The molecule has 19 heavy (non-hydrogen) atoms. The standard InChI is InChI=1S/C14H23NO4/c1-10-9-15(8-4-5-12(16)11(10)2)13(17)6-7-14(18)19-3/h10-11H,4-9H2,1-3H3/t10-,11+/m0/s1. The van der Waals surface area contributed by atoms with Crippen LogP contribution in [-0.2, 0) is 19.1 Å². The van der Waals surface area contributed by atoms with Crippen molar-refractivity contribution in [3.05, 3.63) is 0 Å². The third-order valence-electron chi connectivity index (χ3n) is 3.84. The number of esters is 1. The molecule has 0 aliphatic carbocycles. The molecular formula is C14H23NO4. The van der Waals surface area contributed by atoms with Gasteiger partial charge in [-0.2, -0.15) is 0 Å². The second-order valence-electron chi connectivity index (χ2n) is 5.25. The first-order valence-corrected chi connectivity index (χ1v) is 6.83. The molecule has 5 heteroatoms. The topological polar surface area (TPSA) is 63.7 Å². The lowest BCUT2D eigenvalue weighted by Gasteiger charge is -2.31. The van der Waals surface area contributed by atoms with E-state index >= 15 is 0 Å². The lowest BCUT2D eigenvalue weighted by atomic mass is 9.87. The summed E-state index contributed by atoms with van der Waals surface area (Å²) in [6.07, 6.45) is 1.54. The average Bonchev–Trinajstić information content (AvgIpc) is 2.40. The molecule has 1 amide bonds. The molecule has 0 aromatic rings. The van der Waals surface area contributed by atoms with Gasteiger partial charge in [-0.25, -0.2) is 0 Å². The minimum atomic E-state index is -0.364. The number of hydrogen-bond acceptors (Lipinski definition) is 4. The van der Waals surface area contributed by atoms with E-state index < -0.39 is 0 Å². The maximum atomic E-state index is 12.1. The number of nitrogens with zero attached hydrogens (tertiary/aromatic N) is 1. The van der Waals surface area contributed by atoms with Crippen LogP contribution < -0.4 is 0 Å². The van der Waals surface area contributed by atoms with Gasteiger partial charge in [0.2, 0.25) is 5.91 Å². The Kier molecular flexibility index (Phi) is 5.99. The maximum Gasteiger partial charge on any atom is 0.306 e. The van der Waals surface area contributed by atoms with Gasteiger partial charge in [0.05, 0.1) is 13.5 Å². The number of Topliss-reactive ketones (excluding diaryl/α,β-unsaturated/α-hetero) is 1. The maximum absolute atomic E-state index is 12.1. The molecule has 0 bridgehead atoms. The van der Waals surface area contributed by atoms with E-state index in [1.54, 1.807) is 4.90 Å². The van der Waals surface area contributed by atoms with Gasteiger partial charge in [-0.3, -0.25) is 14.4 Å². The summed E-state index contributed by atoms with van der Waals surface area (Å²) in [5, 5.41) is 0. The Morgan fingerprint density at radius 2 is 2.00 bits per heavy atom. The highest BCUT2D eigenvalue weighted by atomic mass is 16.5. The van der Waals surface area contributed by atoms with Crippen LogP contribution in [0.1, 0.15) is 39.5 Å². The van der Waals surface area contributed by atoms with Crippen LogP contribution >= 0.6 is 0 Å². The van der Waals surface area contributed by atoms with Gasteiger partial charge in [-0.05, 0) is 12.3 Å². The van der Waals surface area contributed by atoms with Gasteiger partial charge in [-0.1, -0.05) is 13.8 Å². The second-order valence-corrected chi connectivity index (χ2v) is 5.25. The van der Waals surface area contributed by atoms with Crippen LogP contribution in [0.2, 0.25) is 0 Å². The van der Waals surface area contributed by atoms with E-state index in [1.807, 2.05) is 13.8 Å². The minimum absolute atomic E-state index is 0.00351. The molecular weight excluding hydrogens is 246 g/mol. The fourth-order valence-corrected chi connectivity index (χ4v) is 2.28. The Hall–Kier alpha value is -1.39. The molecule has 0 aromatic heterocycles. The van der Waals surface area contributed by atoms with Gasteiger partial charge < -0.3 is 9.64 Å². The van der Waals surface area contributed by atoms with Crippen molar-refractivity contribution in [2.24, 2.45) is 11.8 Å². The van der Waals surface area contributed by atoms with Crippen LogP contribution in [0.4, 0.5) is 0 Å². The van der Waals surface area contributed by atoms with Crippen molar-refractivity contribution >= 4 is 17.7 Å². The van der Waals surface area contributed by atoms with Crippen molar-refractivity contribution in [2.45, 2.75) is 39.5 Å². The summed E-state index contributed by atoms with van der Waals surface area (Å²) in [6, 6.07) is 0. The SMILES string of the molecule is COC(=O)CCC(=O)N1CCCC(=O)[C@H](C)[C@@H](C)C1. The highest BCUT2D eigenvalue weighted by Crippen LogP contribution is 2.20. The summed E-state index contributed by atoms with van der Waals surface area (Å²) in [5.41, 5.74) is 0. The third-order valence-corrected chi connectivity index (χ3v) is 3.84. The molecule has 5 nitrogen and oxygen atoms in total. The molecule has 0 spiro atoms. The van der Waals surface area contributed by atoms with Crippen molar-refractivity contribution in [2.75, 3.05) is 20.2 Å². The molecule has 1 rings (SSSR count). The molecule has 1 heterocycles. The average molecular weight is 269 g/mol. The molecule has 108 valence electrons. The smallest absolute Gasteiger partial charge is 0.306 e. The highest BCUT2D eigenvalue weighted by Gasteiger charge is 2.27. The van der Waals surface area contributed by atoms with Gasteiger partial charge in [0, 0.05) is 31.8 Å². The number of carbonyl (C=O) groups is 3. The molecule has 0 aromatic carbocycles. The fraction of sp³-hybridized carbons (Fsp3) is 0.786. The van der Waals surface area contributed by atoms with E-state index in [1.165, 1.54) is 7.11 Å². The van der Waals surface area contributed by atoms with Gasteiger partial charge in [0.1, 0.15) is 5.78 Å². The predicted octanol–water partition coefficient (Wildman–Crippen LogP) is 1.40. The second kappa shape index (κ2) is 7.26. The largest absolute Gasteiger partial charge is 0.469 e. The number of ether oxygens (including phenoxy) is 1. The van der Waals surface area contributed by atoms with Gasteiger partial charge in [-0.15, -0.1) is 0 Å². The highest BCUT2D eigenvalue weighted by molar-refractivity contribution is 5.83. The predicted molar refractivity (Wildman–Crippen MR) is 70.4 cm³/mol. The van der Waals surface area contributed by atoms with E-state index in [2.05, 4.69) is 4.74 Å². The van der Waals surface area contributed by atoms with Crippen molar-refractivity contribution in [3.63, 3.8) is 0 Å². The fourth-order valence-electron chi connectivity index (χ4n) is 2.28. The quantitative estimate of drug-likeness (QED) is 0.727. The first kappa shape index (κ1) is 15.7. The van der Waals surface area contributed by atoms with Crippen LogP contribution in [0.15, 0.2) is 0 Å². The van der Waals surface area contributed by atoms with E-state index in [0.29, 0.717) is 25.9 Å². The molecule has 2 atom stereocenters. The third kappa shape index (κ3) is 4.65. The summed E-state index contributed by atoms with van der Waals surface area (Å²) in [7, 11) is 1.32. The summed E-state index contributed by atoms with van der Waals surface area (Å²) < 4.78 is 4.53. The van der Waals surface area contributed by atoms with Crippen LogP contribution in [0, 0.1) is 11.8 Å². The first-order valence-electron chi connectivity index (χ1n) is 6.83. The van der Waals surface area contributed by atoms with Gasteiger partial charge in [0.15, 0.2) is 0 Å². The summed E-state index contributed by atoms with van der Waals surface area (Å²) >= 11 is 0. The Morgan fingerprint density at radius 3 is 2.63 bits per heavy atom. The molecule has 0 saturated carbocycles. The number of likely N-dealkylation sites (tertiary alicyclic amines) is 1. The monoisotopic (exact) mass is 269 g/mol. The number of hydrogen-bond donors (Lipinski definition) is 0. The van der Waals surface area contributed by atoms with Crippen molar-refractivity contribution in [1.82, 2.24) is 4.90 Å². The number of methoxy groups -OCH3 is 1. The Labute approximate surface area is 114 Å². The number of rotatable bonds is 3. The minimum Gasteiger partial charge on any atom is -0.469 e. The summed E-state index contributed by atoms with van der Waals surface area (Å²) in [5.74, 6) is 0.0519. The van der Waals surface area contributed by atoms with Crippen molar-refractivity contribution in [1.29, 1.82) is 0 Å². The zero-order valence-electron chi connectivity index (χ0n) is 12.0. The zero-order valence-corrected chi connectivity index (χ0v) is 12.0. The zero-order chi connectivity index (χ0) is 14.4. The molecule has 0 unspecified atom stereocenters. The Morgan fingerprint density at radius 1 is 1.32 bits per heavy atom. The van der Waals surface area contributed by atoms with Crippen LogP contribution in [0.25, 0.3) is 0 Å². The van der Waals surface area contributed by atoms with E-state index in [0.717, 1.165) is 0 Å². The molecule has 1 aliphatic heterocycles. The summed E-state index contributed by atoms with van der Waals surface area (Å²) in [4.78, 5) is 36.6. The number of ketones is 1. The molecule has 1 aliphatic rings. The van der Waals surface area contributed by atoms with Crippen LogP contribution in [0.3, 0.4) is 0 Å². The van der Waals surface area contributed by atoms with Crippen LogP contribution in [0.5, 0.6) is 0 Å². The molecule has 0 N–H and O–H groups in total. The lowest BCUT2D eigenvalue weighted by Crippen LogP contribution is -2.40. The number of amides is 1. The van der Waals surface area contributed by atoms with Crippen LogP contribution in [-0.4, -0.2) is 42.8 Å². The van der Waals surface area contributed by atoms with Gasteiger partial charge in [0.25, 0.3) is 0 Å². The summed E-state index contributed by atoms with van der Waals surface area (Å²) in [6.45, 7) is 5.11. The van der Waals surface area contributed by atoms with Gasteiger partial charge >= 0.3 is 5.97 Å².